The predicted octanol–water partition coefficient (Wildman–Crippen LogP) is 2.99. The van der Waals surface area contributed by atoms with Gasteiger partial charge in [-0.25, -0.2) is 8.42 Å². The Bertz CT molecular complexity index is 680. The zero-order chi connectivity index (χ0) is 15.3. The molecule has 0 amide bonds. The Balaban J connectivity index is 2.70. The van der Waals surface area contributed by atoms with E-state index in [9.17, 15) is 26.7 Å². The van der Waals surface area contributed by atoms with Crippen molar-refractivity contribution in [2.45, 2.75) is 36.9 Å². The number of sulfone groups is 1. The van der Waals surface area contributed by atoms with Gasteiger partial charge in [-0.15, -0.1) is 0 Å². The number of hydrogen-bond donors (Lipinski definition) is 1. The quantitative estimate of drug-likeness (QED) is 0.914. The number of rotatable bonds is 2. The number of hydrogen-bond acceptors (Lipinski definition) is 3. The summed E-state index contributed by atoms with van der Waals surface area (Å²) in [5, 5.41) is 10.6. The molecule has 0 atom stereocenters. The Labute approximate surface area is 114 Å². The van der Waals surface area contributed by atoms with Crippen LogP contribution in [0, 0.1) is 0 Å². The molecule has 0 saturated carbocycles. The standard InChI is InChI=1S/C13H13F3O3S/c1-12(2,17)6-8-7-20(18,19)10-5-3-4-9(11(8)10)13(14,15)16/h3-5,7,17H,6H2,1-2H3. The van der Waals surface area contributed by atoms with Gasteiger partial charge in [0.25, 0.3) is 0 Å². The molecule has 1 aliphatic heterocycles. The third-order valence-electron chi connectivity index (χ3n) is 2.88. The van der Waals surface area contributed by atoms with E-state index in [0.717, 1.165) is 23.6 Å². The van der Waals surface area contributed by atoms with Crippen molar-refractivity contribution in [1.29, 1.82) is 0 Å². The maximum absolute atomic E-state index is 13.0. The van der Waals surface area contributed by atoms with Gasteiger partial charge < -0.3 is 5.11 Å². The summed E-state index contributed by atoms with van der Waals surface area (Å²) in [6, 6.07) is 3.06. The Morgan fingerprint density at radius 2 is 1.80 bits per heavy atom. The van der Waals surface area contributed by atoms with Crippen molar-refractivity contribution in [3.05, 3.63) is 34.7 Å². The molecular formula is C13H13F3O3S. The molecule has 0 aromatic heterocycles. The first-order valence-corrected chi connectivity index (χ1v) is 7.35. The second kappa shape index (κ2) is 4.33. The van der Waals surface area contributed by atoms with E-state index in [1.54, 1.807) is 0 Å². The highest BCUT2D eigenvalue weighted by molar-refractivity contribution is 7.95. The van der Waals surface area contributed by atoms with Gasteiger partial charge in [-0.1, -0.05) is 6.07 Å². The average molecular weight is 306 g/mol. The van der Waals surface area contributed by atoms with E-state index in [1.807, 2.05) is 0 Å². The number of alkyl halides is 3. The minimum atomic E-state index is -4.65. The molecule has 1 heterocycles. The molecule has 7 heteroatoms. The van der Waals surface area contributed by atoms with Crippen molar-refractivity contribution in [2.24, 2.45) is 0 Å². The fourth-order valence-electron chi connectivity index (χ4n) is 2.24. The summed E-state index contributed by atoms with van der Waals surface area (Å²) in [4.78, 5) is -0.355. The SMILES string of the molecule is CC(C)(O)CC1=CS(=O)(=O)c2cccc(C(F)(F)F)c21. The summed E-state index contributed by atoms with van der Waals surface area (Å²) in [6.45, 7) is 2.82. The minimum Gasteiger partial charge on any atom is -0.390 e. The summed E-state index contributed by atoms with van der Waals surface area (Å²) in [7, 11) is -3.88. The first-order chi connectivity index (χ1) is 8.92. The van der Waals surface area contributed by atoms with Gasteiger partial charge in [-0.2, -0.15) is 13.2 Å². The first kappa shape index (κ1) is 15.1. The first-order valence-electron chi connectivity index (χ1n) is 5.80. The average Bonchev–Trinajstić information content (AvgIpc) is 2.47. The largest absolute Gasteiger partial charge is 0.417 e. The molecule has 1 aromatic carbocycles. The van der Waals surface area contributed by atoms with Gasteiger partial charge in [0.15, 0.2) is 0 Å². The van der Waals surface area contributed by atoms with E-state index in [2.05, 4.69) is 0 Å². The number of benzene rings is 1. The Morgan fingerprint density at radius 3 is 2.30 bits per heavy atom. The van der Waals surface area contributed by atoms with Crippen molar-refractivity contribution in [3.63, 3.8) is 0 Å². The molecule has 0 fully saturated rings. The predicted molar refractivity (Wildman–Crippen MR) is 67.5 cm³/mol. The zero-order valence-electron chi connectivity index (χ0n) is 10.8. The minimum absolute atomic E-state index is 0.0135. The van der Waals surface area contributed by atoms with Crippen LogP contribution in [0.2, 0.25) is 0 Å². The van der Waals surface area contributed by atoms with Crippen LogP contribution in [0.25, 0.3) is 5.57 Å². The van der Waals surface area contributed by atoms with Crippen molar-refractivity contribution in [1.82, 2.24) is 0 Å². The highest BCUT2D eigenvalue weighted by atomic mass is 32.2. The second-order valence-corrected chi connectivity index (χ2v) is 7.12. The van der Waals surface area contributed by atoms with Crippen LogP contribution >= 0.6 is 0 Å². The lowest BCUT2D eigenvalue weighted by Crippen LogP contribution is -2.19. The normalized spacial score (nSPS) is 17.8. The van der Waals surface area contributed by atoms with Crippen LogP contribution < -0.4 is 0 Å². The van der Waals surface area contributed by atoms with E-state index in [-0.39, 0.29) is 22.5 Å². The maximum atomic E-state index is 13.0. The molecule has 1 aromatic rings. The van der Waals surface area contributed by atoms with Crippen molar-refractivity contribution in [2.75, 3.05) is 0 Å². The smallest absolute Gasteiger partial charge is 0.390 e. The molecule has 0 saturated heterocycles. The van der Waals surface area contributed by atoms with E-state index in [4.69, 9.17) is 0 Å². The molecule has 0 radical (unpaired) electrons. The van der Waals surface area contributed by atoms with Crippen LogP contribution in [0.1, 0.15) is 31.4 Å². The van der Waals surface area contributed by atoms with Crippen LogP contribution in [-0.2, 0) is 16.0 Å². The molecule has 110 valence electrons. The lowest BCUT2D eigenvalue weighted by Gasteiger charge is -2.20. The maximum Gasteiger partial charge on any atom is 0.417 e. The zero-order valence-corrected chi connectivity index (χ0v) is 11.6. The Kier molecular flexibility index (Phi) is 3.26. The van der Waals surface area contributed by atoms with Crippen LogP contribution in [0.15, 0.2) is 28.5 Å². The van der Waals surface area contributed by atoms with E-state index >= 15 is 0 Å². The van der Waals surface area contributed by atoms with Crippen LogP contribution in [0.5, 0.6) is 0 Å². The molecule has 0 unspecified atom stereocenters. The van der Waals surface area contributed by atoms with Gasteiger partial charge in [-0.3, -0.25) is 0 Å². The van der Waals surface area contributed by atoms with Gasteiger partial charge in [0.2, 0.25) is 9.84 Å². The van der Waals surface area contributed by atoms with E-state index in [0.29, 0.717) is 0 Å². The monoisotopic (exact) mass is 306 g/mol. The highest BCUT2D eigenvalue weighted by Crippen LogP contribution is 2.44. The van der Waals surface area contributed by atoms with Gasteiger partial charge in [0, 0.05) is 17.4 Å². The molecule has 1 N–H and O–H groups in total. The molecule has 0 aliphatic carbocycles. The lowest BCUT2D eigenvalue weighted by atomic mass is 9.91. The highest BCUT2D eigenvalue weighted by Gasteiger charge is 2.40. The summed E-state index contributed by atoms with van der Waals surface area (Å²) in [6.07, 6.45) is -4.82. The Morgan fingerprint density at radius 1 is 1.20 bits per heavy atom. The fraction of sp³-hybridized carbons (Fsp3) is 0.385. The van der Waals surface area contributed by atoms with E-state index in [1.165, 1.54) is 13.8 Å². The van der Waals surface area contributed by atoms with Crippen molar-refractivity contribution < 1.29 is 26.7 Å². The van der Waals surface area contributed by atoms with Crippen LogP contribution in [0.3, 0.4) is 0 Å². The van der Waals surface area contributed by atoms with Gasteiger partial charge in [-0.05, 0) is 31.6 Å². The molecule has 2 rings (SSSR count). The van der Waals surface area contributed by atoms with Crippen LogP contribution in [-0.4, -0.2) is 19.1 Å². The van der Waals surface area contributed by atoms with Gasteiger partial charge >= 0.3 is 6.18 Å². The van der Waals surface area contributed by atoms with Crippen molar-refractivity contribution >= 4 is 15.4 Å². The summed E-state index contributed by atoms with van der Waals surface area (Å²) in [5.41, 5.74) is -2.66. The van der Waals surface area contributed by atoms with Gasteiger partial charge in [0.1, 0.15) is 0 Å². The van der Waals surface area contributed by atoms with Crippen LogP contribution in [0.4, 0.5) is 13.2 Å². The molecule has 0 bridgehead atoms. The summed E-state index contributed by atoms with van der Waals surface area (Å²) in [5.74, 6) is 0. The molecular weight excluding hydrogens is 293 g/mol. The topological polar surface area (TPSA) is 54.4 Å². The molecule has 20 heavy (non-hydrogen) atoms. The van der Waals surface area contributed by atoms with Crippen molar-refractivity contribution in [3.8, 4) is 0 Å². The lowest BCUT2D eigenvalue weighted by molar-refractivity contribution is -0.138. The molecule has 1 aliphatic rings. The van der Waals surface area contributed by atoms with E-state index < -0.39 is 27.2 Å². The number of fused-ring (bicyclic) bond motifs is 1. The fourth-order valence-corrected chi connectivity index (χ4v) is 3.74. The number of halogens is 3. The Hall–Kier alpha value is -1.34. The summed E-state index contributed by atoms with van der Waals surface area (Å²) < 4.78 is 62.9. The third kappa shape index (κ3) is 2.73. The third-order valence-corrected chi connectivity index (χ3v) is 4.43. The molecule has 3 nitrogen and oxygen atoms in total. The molecule has 0 spiro atoms. The summed E-state index contributed by atoms with van der Waals surface area (Å²) >= 11 is 0. The van der Waals surface area contributed by atoms with Gasteiger partial charge in [0.05, 0.1) is 16.1 Å². The number of aliphatic hydroxyl groups is 1. The second-order valence-electron chi connectivity index (χ2n) is 5.35.